The fourth-order valence-electron chi connectivity index (χ4n) is 2.36. The Morgan fingerprint density at radius 3 is 2.67 bits per heavy atom. The molecule has 0 aliphatic heterocycles. The number of imidazole rings is 1. The number of hydrogen-bond acceptors (Lipinski definition) is 3. The zero-order chi connectivity index (χ0) is 14.8. The Bertz CT molecular complexity index is 793. The molecule has 0 radical (unpaired) electrons. The fraction of sp³-hybridized carbons (Fsp3) is 0.125. The molecule has 0 spiro atoms. The molecule has 1 amide bonds. The lowest BCUT2D eigenvalue weighted by Crippen LogP contribution is -2.23. The Kier molecular flexibility index (Phi) is 3.31. The molecule has 3 N–H and O–H groups in total. The third-order valence-corrected chi connectivity index (χ3v) is 3.42. The minimum absolute atomic E-state index is 0.0751. The van der Waals surface area contributed by atoms with E-state index in [2.05, 4.69) is 10.3 Å². The summed E-state index contributed by atoms with van der Waals surface area (Å²) >= 11 is 0. The quantitative estimate of drug-likeness (QED) is 0.721. The van der Waals surface area contributed by atoms with Crippen molar-refractivity contribution in [1.29, 1.82) is 0 Å². The number of rotatable bonds is 3. The van der Waals surface area contributed by atoms with Crippen LogP contribution in [0.2, 0.25) is 0 Å². The maximum atomic E-state index is 11.8. The minimum Gasteiger partial charge on any atom is -0.397 e. The van der Waals surface area contributed by atoms with Gasteiger partial charge >= 0.3 is 0 Å². The third kappa shape index (κ3) is 2.33. The van der Waals surface area contributed by atoms with Crippen LogP contribution in [0.1, 0.15) is 0 Å². The Hall–Kier alpha value is -2.82. The summed E-state index contributed by atoms with van der Waals surface area (Å²) in [5.41, 5.74) is 9.15. The average Bonchev–Trinajstić information content (AvgIpc) is 2.88. The van der Waals surface area contributed by atoms with Crippen LogP contribution >= 0.6 is 0 Å². The molecule has 0 aliphatic carbocycles. The molecular weight excluding hydrogens is 264 g/mol. The first-order valence-corrected chi connectivity index (χ1v) is 6.71. The molecule has 1 heterocycles. The molecule has 2 aromatic carbocycles. The summed E-state index contributed by atoms with van der Waals surface area (Å²) in [6.45, 7) is 0.209. The lowest BCUT2D eigenvalue weighted by atomic mass is 10.2. The van der Waals surface area contributed by atoms with E-state index in [9.17, 15) is 4.79 Å². The first-order valence-electron chi connectivity index (χ1n) is 6.71. The second kappa shape index (κ2) is 5.28. The summed E-state index contributed by atoms with van der Waals surface area (Å²) in [6, 6.07) is 15.4. The normalized spacial score (nSPS) is 10.7. The van der Waals surface area contributed by atoms with E-state index < -0.39 is 0 Å². The van der Waals surface area contributed by atoms with Crippen molar-refractivity contribution in [2.75, 3.05) is 12.8 Å². The van der Waals surface area contributed by atoms with Gasteiger partial charge in [0.15, 0.2) is 0 Å². The van der Waals surface area contributed by atoms with Crippen LogP contribution in [-0.4, -0.2) is 22.5 Å². The van der Waals surface area contributed by atoms with Gasteiger partial charge in [0.25, 0.3) is 0 Å². The largest absolute Gasteiger partial charge is 0.397 e. The number of likely N-dealkylation sites (N-methyl/N-ethyl adjacent to an activating group) is 1. The highest BCUT2D eigenvalue weighted by atomic mass is 16.1. The van der Waals surface area contributed by atoms with Crippen molar-refractivity contribution in [3.05, 3.63) is 48.5 Å². The van der Waals surface area contributed by atoms with Gasteiger partial charge in [0.2, 0.25) is 5.91 Å². The molecule has 0 saturated heterocycles. The summed E-state index contributed by atoms with van der Waals surface area (Å²) in [7, 11) is 1.62. The van der Waals surface area contributed by atoms with Gasteiger partial charge in [-0.15, -0.1) is 0 Å². The molecule has 0 unspecified atom stereocenters. The molecule has 0 fully saturated rings. The second-order valence-electron chi connectivity index (χ2n) is 4.78. The number of carbonyl (C=O) groups is 1. The van der Waals surface area contributed by atoms with Gasteiger partial charge in [-0.25, -0.2) is 4.98 Å². The van der Waals surface area contributed by atoms with E-state index in [1.807, 2.05) is 53.1 Å². The van der Waals surface area contributed by atoms with Gasteiger partial charge in [-0.1, -0.05) is 36.4 Å². The van der Waals surface area contributed by atoms with Crippen molar-refractivity contribution in [2.45, 2.75) is 6.54 Å². The number of hydrogen-bond donors (Lipinski definition) is 2. The standard InChI is InChI=1S/C16H16N4O/c1-18-14(21)10-20-13-9-5-8-12(17)15(13)19-16(20)11-6-3-2-4-7-11/h2-9H,10,17H2,1H3,(H,18,21). The van der Waals surface area contributed by atoms with E-state index in [1.54, 1.807) is 7.05 Å². The van der Waals surface area contributed by atoms with E-state index in [1.165, 1.54) is 0 Å². The molecule has 0 saturated carbocycles. The van der Waals surface area contributed by atoms with Crippen molar-refractivity contribution in [1.82, 2.24) is 14.9 Å². The zero-order valence-electron chi connectivity index (χ0n) is 11.7. The SMILES string of the molecule is CNC(=O)Cn1c(-c2ccccc2)nc2c(N)cccc21. The summed E-state index contributed by atoms with van der Waals surface area (Å²) in [4.78, 5) is 16.4. The van der Waals surface area contributed by atoms with E-state index in [4.69, 9.17) is 5.73 Å². The van der Waals surface area contributed by atoms with Crippen molar-refractivity contribution in [3.8, 4) is 11.4 Å². The van der Waals surface area contributed by atoms with Crippen LogP contribution in [0, 0.1) is 0 Å². The van der Waals surface area contributed by atoms with Gasteiger partial charge in [-0.05, 0) is 12.1 Å². The van der Waals surface area contributed by atoms with Gasteiger partial charge in [-0.3, -0.25) is 4.79 Å². The van der Waals surface area contributed by atoms with Crippen LogP contribution in [0.15, 0.2) is 48.5 Å². The minimum atomic E-state index is -0.0751. The predicted molar refractivity (Wildman–Crippen MR) is 83.6 cm³/mol. The molecule has 0 bridgehead atoms. The number of benzene rings is 2. The van der Waals surface area contributed by atoms with Crippen molar-refractivity contribution in [3.63, 3.8) is 0 Å². The summed E-state index contributed by atoms with van der Waals surface area (Å²) in [6.07, 6.45) is 0. The summed E-state index contributed by atoms with van der Waals surface area (Å²) in [5, 5.41) is 2.64. The number of nitrogen functional groups attached to an aromatic ring is 1. The van der Waals surface area contributed by atoms with Gasteiger partial charge in [-0.2, -0.15) is 0 Å². The Balaban J connectivity index is 2.25. The van der Waals surface area contributed by atoms with E-state index in [0.29, 0.717) is 5.69 Å². The smallest absolute Gasteiger partial charge is 0.239 e. The van der Waals surface area contributed by atoms with Gasteiger partial charge in [0.05, 0.1) is 11.2 Å². The number of fused-ring (bicyclic) bond motifs is 1. The molecule has 21 heavy (non-hydrogen) atoms. The van der Waals surface area contributed by atoms with Gasteiger partial charge < -0.3 is 15.6 Å². The van der Waals surface area contributed by atoms with Crippen LogP contribution in [-0.2, 0) is 11.3 Å². The zero-order valence-corrected chi connectivity index (χ0v) is 11.7. The topological polar surface area (TPSA) is 72.9 Å². The van der Waals surface area contributed by atoms with Crippen LogP contribution in [0.3, 0.4) is 0 Å². The Labute approximate surface area is 122 Å². The molecule has 5 heteroatoms. The number of nitrogens with one attached hydrogen (secondary N) is 1. The highest BCUT2D eigenvalue weighted by molar-refractivity contribution is 5.91. The average molecular weight is 280 g/mol. The van der Waals surface area contributed by atoms with Crippen LogP contribution < -0.4 is 11.1 Å². The lowest BCUT2D eigenvalue weighted by Gasteiger charge is -2.08. The Morgan fingerprint density at radius 2 is 1.95 bits per heavy atom. The summed E-state index contributed by atoms with van der Waals surface area (Å²) < 4.78 is 1.89. The fourth-order valence-corrected chi connectivity index (χ4v) is 2.36. The first-order chi connectivity index (χ1) is 10.2. The molecule has 3 aromatic rings. The van der Waals surface area contributed by atoms with E-state index in [-0.39, 0.29) is 12.5 Å². The number of amides is 1. The highest BCUT2D eigenvalue weighted by Gasteiger charge is 2.15. The van der Waals surface area contributed by atoms with Crippen LogP contribution in [0.25, 0.3) is 22.4 Å². The van der Waals surface area contributed by atoms with Crippen LogP contribution in [0.4, 0.5) is 5.69 Å². The van der Waals surface area contributed by atoms with E-state index in [0.717, 1.165) is 22.4 Å². The van der Waals surface area contributed by atoms with Crippen LogP contribution in [0.5, 0.6) is 0 Å². The lowest BCUT2D eigenvalue weighted by molar-refractivity contribution is -0.121. The molecule has 3 rings (SSSR count). The molecular formula is C16H16N4O. The number of aromatic nitrogens is 2. The number of nitrogens with zero attached hydrogens (tertiary/aromatic N) is 2. The number of anilines is 1. The molecule has 5 nitrogen and oxygen atoms in total. The number of para-hydroxylation sites is 1. The van der Waals surface area contributed by atoms with Crippen molar-refractivity contribution >= 4 is 22.6 Å². The Morgan fingerprint density at radius 1 is 1.19 bits per heavy atom. The predicted octanol–water partition coefficient (Wildman–Crippen LogP) is 2.03. The van der Waals surface area contributed by atoms with Crippen molar-refractivity contribution < 1.29 is 4.79 Å². The first kappa shape index (κ1) is 13.2. The molecule has 1 aromatic heterocycles. The molecule has 0 aliphatic rings. The van der Waals surface area contributed by atoms with Gasteiger partial charge in [0, 0.05) is 12.6 Å². The van der Waals surface area contributed by atoms with Gasteiger partial charge in [0.1, 0.15) is 17.9 Å². The third-order valence-electron chi connectivity index (χ3n) is 3.42. The number of carbonyl (C=O) groups excluding carboxylic acids is 1. The maximum Gasteiger partial charge on any atom is 0.239 e. The van der Waals surface area contributed by atoms with E-state index >= 15 is 0 Å². The molecule has 0 atom stereocenters. The maximum absolute atomic E-state index is 11.8. The second-order valence-corrected chi connectivity index (χ2v) is 4.78. The molecule has 106 valence electrons. The highest BCUT2D eigenvalue weighted by Crippen LogP contribution is 2.27. The summed E-state index contributed by atoms with van der Waals surface area (Å²) in [5.74, 6) is 0.668. The monoisotopic (exact) mass is 280 g/mol. The number of nitrogens with two attached hydrogens (primary N) is 1. The van der Waals surface area contributed by atoms with Crippen molar-refractivity contribution in [2.24, 2.45) is 0 Å².